The van der Waals surface area contributed by atoms with Crippen LogP contribution in [0.3, 0.4) is 0 Å². The summed E-state index contributed by atoms with van der Waals surface area (Å²) >= 11 is 0. The van der Waals surface area contributed by atoms with Crippen molar-refractivity contribution in [2.45, 2.75) is 0 Å². The SMILES string of the molecule is O=CC(=Cc1ccc([N+](=O)[O-])o1)c1ccc([N+](=O)[O-])cc1. The second-order valence-electron chi connectivity index (χ2n) is 3.95. The predicted octanol–water partition coefficient (Wildman–Crippen LogP) is 2.84. The van der Waals surface area contributed by atoms with Gasteiger partial charge in [0.15, 0.2) is 6.29 Å². The number of allylic oxidation sites excluding steroid dienone is 1. The molecule has 21 heavy (non-hydrogen) atoms. The highest BCUT2D eigenvalue weighted by Gasteiger charge is 2.12. The zero-order valence-corrected chi connectivity index (χ0v) is 10.5. The maximum Gasteiger partial charge on any atom is 0.433 e. The topological polar surface area (TPSA) is 116 Å². The summed E-state index contributed by atoms with van der Waals surface area (Å²) < 4.78 is 4.92. The first kappa shape index (κ1) is 14.1. The third-order valence-corrected chi connectivity index (χ3v) is 2.63. The zero-order chi connectivity index (χ0) is 15.4. The van der Waals surface area contributed by atoms with Crippen LogP contribution in [-0.4, -0.2) is 16.1 Å². The number of carbonyl (C=O) groups is 1. The highest BCUT2D eigenvalue weighted by molar-refractivity contribution is 6.13. The predicted molar refractivity (Wildman–Crippen MR) is 72.4 cm³/mol. The number of nitro groups is 2. The van der Waals surface area contributed by atoms with Crippen LogP contribution in [0.2, 0.25) is 0 Å². The van der Waals surface area contributed by atoms with Crippen molar-refractivity contribution >= 4 is 29.5 Å². The molecule has 2 aromatic rings. The van der Waals surface area contributed by atoms with E-state index in [1.165, 1.54) is 42.5 Å². The van der Waals surface area contributed by atoms with Crippen molar-refractivity contribution in [1.29, 1.82) is 0 Å². The first-order valence-corrected chi connectivity index (χ1v) is 5.67. The Morgan fingerprint density at radius 3 is 2.14 bits per heavy atom. The second kappa shape index (κ2) is 5.78. The molecule has 0 saturated carbocycles. The molecule has 0 N–H and O–H groups in total. The smallest absolute Gasteiger partial charge is 0.401 e. The fourth-order valence-corrected chi connectivity index (χ4v) is 1.63. The number of non-ortho nitro benzene ring substituents is 1. The van der Waals surface area contributed by atoms with Gasteiger partial charge in [0.25, 0.3) is 5.69 Å². The molecule has 0 aliphatic rings. The van der Waals surface area contributed by atoms with Gasteiger partial charge in [-0.25, -0.2) is 0 Å². The van der Waals surface area contributed by atoms with Gasteiger partial charge in [-0.15, -0.1) is 0 Å². The van der Waals surface area contributed by atoms with E-state index in [2.05, 4.69) is 0 Å². The van der Waals surface area contributed by atoms with Gasteiger partial charge in [-0.3, -0.25) is 25.0 Å². The number of rotatable bonds is 5. The van der Waals surface area contributed by atoms with Crippen LogP contribution < -0.4 is 0 Å². The van der Waals surface area contributed by atoms with E-state index in [0.717, 1.165) is 0 Å². The molecule has 0 aliphatic carbocycles. The van der Waals surface area contributed by atoms with Crippen LogP contribution in [0.1, 0.15) is 11.3 Å². The number of aldehydes is 1. The van der Waals surface area contributed by atoms with Gasteiger partial charge in [0.2, 0.25) is 0 Å². The first-order valence-electron chi connectivity index (χ1n) is 5.67. The van der Waals surface area contributed by atoms with E-state index in [1.807, 2.05) is 0 Å². The van der Waals surface area contributed by atoms with Gasteiger partial charge in [-0.1, -0.05) is 0 Å². The van der Waals surface area contributed by atoms with Crippen LogP contribution in [0, 0.1) is 20.2 Å². The average Bonchev–Trinajstić information content (AvgIpc) is 2.93. The van der Waals surface area contributed by atoms with Gasteiger partial charge < -0.3 is 4.42 Å². The largest absolute Gasteiger partial charge is 0.433 e. The van der Waals surface area contributed by atoms with Gasteiger partial charge >= 0.3 is 5.88 Å². The van der Waals surface area contributed by atoms with Gasteiger partial charge in [0.1, 0.15) is 10.7 Å². The summed E-state index contributed by atoms with van der Waals surface area (Å²) in [5.41, 5.74) is 0.529. The van der Waals surface area contributed by atoms with E-state index in [1.54, 1.807) is 0 Å². The lowest BCUT2D eigenvalue weighted by Crippen LogP contribution is -1.90. The number of hydrogen-bond donors (Lipinski definition) is 0. The van der Waals surface area contributed by atoms with Gasteiger partial charge in [0.05, 0.1) is 11.0 Å². The molecule has 1 aromatic carbocycles. The van der Waals surface area contributed by atoms with Crippen molar-refractivity contribution < 1.29 is 19.1 Å². The molecule has 0 atom stereocenters. The van der Waals surface area contributed by atoms with Crippen molar-refractivity contribution in [2.24, 2.45) is 0 Å². The van der Waals surface area contributed by atoms with Crippen molar-refractivity contribution in [3.8, 4) is 0 Å². The van der Waals surface area contributed by atoms with E-state index in [4.69, 9.17) is 4.42 Å². The molecule has 0 aliphatic heterocycles. The second-order valence-corrected chi connectivity index (χ2v) is 3.95. The molecular formula is C13H8N2O6. The number of hydrogen-bond acceptors (Lipinski definition) is 6. The van der Waals surface area contributed by atoms with Crippen LogP contribution in [0.25, 0.3) is 11.6 Å². The maximum absolute atomic E-state index is 11.1. The summed E-state index contributed by atoms with van der Waals surface area (Å²) in [6, 6.07) is 7.87. The Kier molecular flexibility index (Phi) is 3.89. The molecule has 1 aromatic heterocycles. The minimum Gasteiger partial charge on any atom is -0.401 e. The summed E-state index contributed by atoms with van der Waals surface area (Å²) in [5.74, 6) is -0.294. The monoisotopic (exact) mass is 288 g/mol. The number of nitro benzene ring substituents is 1. The summed E-state index contributed by atoms with van der Waals surface area (Å²) in [6.45, 7) is 0. The Labute approximate surface area is 117 Å². The molecule has 106 valence electrons. The molecular weight excluding hydrogens is 280 g/mol. The van der Waals surface area contributed by atoms with Crippen molar-refractivity contribution in [3.63, 3.8) is 0 Å². The summed E-state index contributed by atoms with van der Waals surface area (Å²) in [5, 5.41) is 21.1. The van der Waals surface area contributed by atoms with Gasteiger partial charge in [-0.2, -0.15) is 0 Å². The van der Waals surface area contributed by atoms with Gasteiger partial charge in [0, 0.05) is 17.7 Å². The van der Waals surface area contributed by atoms with E-state index in [-0.39, 0.29) is 17.0 Å². The quantitative estimate of drug-likeness (QED) is 0.361. The molecule has 0 unspecified atom stereocenters. The van der Waals surface area contributed by atoms with Crippen molar-refractivity contribution in [3.05, 3.63) is 68.0 Å². The number of nitrogens with zero attached hydrogens (tertiary/aromatic N) is 2. The van der Waals surface area contributed by atoms with Crippen LogP contribution in [-0.2, 0) is 4.79 Å². The molecule has 1 heterocycles. The van der Waals surface area contributed by atoms with E-state index < -0.39 is 15.7 Å². The Balaban J connectivity index is 2.33. The highest BCUT2D eigenvalue weighted by atomic mass is 16.6. The van der Waals surface area contributed by atoms with Gasteiger partial charge in [-0.05, 0) is 29.8 Å². The molecule has 0 bridgehead atoms. The van der Waals surface area contributed by atoms with Crippen LogP contribution >= 0.6 is 0 Å². The van der Waals surface area contributed by atoms with Crippen LogP contribution in [0.4, 0.5) is 11.6 Å². The van der Waals surface area contributed by atoms with E-state index in [9.17, 15) is 25.0 Å². The Morgan fingerprint density at radius 1 is 1.00 bits per heavy atom. The third kappa shape index (κ3) is 3.18. The highest BCUT2D eigenvalue weighted by Crippen LogP contribution is 2.22. The fraction of sp³-hybridized carbons (Fsp3) is 0. The normalized spacial score (nSPS) is 11.1. The number of carbonyl (C=O) groups excluding carboxylic acids is 1. The lowest BCUT2D eigenvalue weighted by molar-refractivity contribution is -0.402. The average molecular weight is 288 g/mol. The molecule has 8 heteroatoms. The maximum atomic E-state index is 11.1. The fourth-order valence-electron chi connectivity index (χ4n) is 1.63. The molecule has 8 nitrogen and oxygen atoms in total. The van der Waals surface area contributed by atoms with Crippen LogP contribution in [0.5, 0.6) is 0 Å². The molecule has 0 spiro atoms. The summed E-state index contributed by atoms with van der Waals surface area (Å²) in [6.07, 6.45) is 1.86. The lowest BCUT2D eigenvalue weighted by Gasteiger charge is -1.99. The Hall–Kier alpha value is -3.29. The lowest BCUT2D eigenvalue weighted by atomic mass is 10.1. The molecule has 0 fully saturated rings. The summed E-state index contributed by atoms with van der Waals surface area (Å²) in [4.78, 5) is 30.9. The molecule has 2 rings (SSSR count). The standard InChI is InChI=1S/C13H8N2O6/c16-8-10(7-12-5-6-13(21-12)15(19)20)9-1-3-11(4-2-9)14(17)18/h1-8H. The van der Waals surface area contributed by atoms with Crippen molar-refractivity contribution in [1.82, 2.24) is 0 Å². The first-order chi connectivity index (χ1) is 10.0. The minimum absolute atomic E-state index is 0.0994. The molecule has 0 saturated heterocycles. The number of furan rings is 1. The minimum atomic E-state index is -0.691. The Bertz CT molecular complexity index is 729. The third-order valence-electron chi connectivity index (χ3n) is 2.63. The van der Waals surface area contributed by atoms with Crippen LogP contribution in [0.15, 0.2) is 40.8 Å². The zero-order valence-electron chi connectivity index (χ0n) is 10.5. The molecule has 0 radical (unpaired) electrons. The van der Waals surface area contributed by atoms with E-state index in [0.29, 0.717) is 11.8 Å². The Morgan fingerprint density at radius 2 is 1.67 bits per heavy atom. The number of benzene rings is 1. The molecule has 0 amide bonds. The summed E-state index contributed by atoms with van der Waals surface area (Å²) in [7, 11) is 0. The van der Waals surface area contributed by atoms with Crippen molar-refractivity contribution in [2.75, 3.05) is 0 Å². The van der Waals surface area contributed by atoms with E-state index >= 15 is 0 Å².